The number of pyridine rings is 1. The standard InChI is InChI=1S/C19H18N2O2/c1-13-5-3-4-6-16(13)17(15-7-10-20-11-8-15)21-19(22)18-14(2)9-12-23-18/h3-12,17H,1-2H3,(H,21,22). The van der Waals surface area contributed by atoms with Crippen LogP contribution >= 0.6 is 0 Å². The molecule has 1 unspecified atom stereocenters. The molecular formula is C19H18N2O2. The molecule has 4 nitrogen and oxygen atoms in total. The first kappa shape index (κ1) is 15.0. The first-order chi connectivity index (χ1) is 11.2. The average molecular weight is 306 g/mol. The summed E-state index contributed by atoms with van der Waals surface area (Å²) < 4.78 is 5.30. The van der Waals surface area contributed by atoms with Crippen molar-refractivity contribution in [1.29, 1.82) is 0 Å². The maximum atomic E-state index is 12.6. The van der Waals surface area contributed by atoms with Crippen molar-refractivity contribution in [3.63, 3.8) is 0 Å². The second-order valence-electron chi connectivity index (χ2n) is 5.48. The quantitative estimate of drug-likeness (QED) is 0.797. The van der Waals surface area contributed by atoms with Gasteiger partial charge in [0, 0.05) is 18.0 Å². The average Bonchev–Trinajstić information content (AvgIpc) is 3.00. The molecule has 2 heterocycles. The Labute approximate surface area is 135 Å². The second-order valence-corrected chi connectivity index (χ2v) is 5.48. The number of amides is 1. The lowest BCUT2D eigenvalue weighted by atomic mass is 9.95. The molecular weight excluding hydrogens is 288 g/mol. The minimum atomic E-state index is -0.254. The molecule has 23 heavy (non-hydrogen) atoms. The summed E-state index contributed by atoms with van der Waals surface area (Å²) in [5, 5.41) is 3.07. The molecule has 3 rings (SSSR count). The Bertz CT molecular complexity index is 809. The summed E-state index contributed by atoms with van der Waals surface area (Å²) >= 11 is 0. The molecule has 0 aliphatic carbocycles. The second kappa shape index (κ2) is 6.48. The summed E-state index contributed by atoms with van der Waals surface area (Å²) in [4.78, 5) is 16.6. The van der Waals surface area contributed by atoms with Gasteiger partial charge in [-0.3, -0.25) is 9.78 Å². The minimum Gasteiger partial charge on any atom is -0.459 e. The van der Waals surface area contributed by atoms with Gasteiger partial charge in [0.15, 0.2) is 5.76 Å². The lowest BCUT2D eigenvalue weighted by Gasteiger charge is -2.21. The summed E-state index contributed by atoms with van der Waals surface area (Å²) in [7, 11) is 0. The minimum absolute atomic E-state index is 0.224. The van der Waals surface area contributed by atoms with Crippen molar-refractivity contribution < 1.29 is 9.21 Å². The highest BCUT2D eigenvalue weighted by Gasteiger charge is 2.21. The van der Waals surface area contributed by atoms with Crippen LogP contribution in [0.1, 0.15) is 38.9 Å². The number of hydrogen-bond acceptors (Lipinski definition) is 3. The number of nitrogens with one attached hydrogen (secondary N) is 1. The monoisotopic (exact) mass is 306 g/mol. The molecule has 0 saturated heterocycles. The summed E-state index contributed by atoms with van der Waals surface area (Å²) in [6, 6.07) is 13.4. The third-order valence-corrected chi connectivity index (χ3v) is 3.88. The molecule has 2 aromatic heterocycles. The van der Waals surface area contributed by atoms with Gasteiger partial charge in [-0.1, -0.05) is 24.3 Å². The van der Waals surface area contributed by atoms with Crippen LogP contribution in [-0.2, 0) is 0 Å². The van der Waals surface area contributed by atoms with E-state index in [1.807, 2.05) is 50.2 Å². The van der Waals surface area contributed by atoms with Gasteiger partial charge in [-0.25, -0.2) is 0 Å². The molecule has 0 spiro atoms. The molecule has 0 radical (unpaired) electrons. The first-order valence-electron chi connectivity index (χ1n) is 7.47. The normalized spacial score (nSPS) is 11.9. The third kappa shape index (κ3) is 3.16. The predicted molar refractivity (Wildman–Crippen MR) is 88.2 cm³/mol. The van der Waals surface area contributed by atoms with Gasteiger partial charge in [-0.05, 0) is 48.7 Å². The smallest absolute Gasteiger partial charge is 0.288 e. The van der Waals surface area contributed by atoms with Crippen molar-refractivity contribution >= 4 is 5.91 Å². The van der Waals surface area contributed by atoms with Gasteiger partial charge in [0.2, 0.25) is 0 Å². The Morgan fingerprint density at radius 1 is 1.04 bits per heavy atom. The lowest BCUT2D eigenvalue weighted by molar-refractivity contribution is 0.0914. The fourth-order valence-corrected chi connectivity index (χ4v) is 2.61. The summed E-state index contributed by atoms with van der Waals surface area (Å²) in [5.74, 6) is 0.121. The number of aromatic nitrogens is 1. The van der Waals surface area contributed by atoms with Crippen LogP contribution in [0.15, 0.2) is 65.5 Å². The molecule has 0 fully saturated rings. The zero-order chi connectivity index (χ0) is 16.2. The van der Waals surface area contributed by atoms with Gasteiger partial charge in [0.1, 0.15) is 0 Å². The zero-order valence-corrected chi connectivity index (χ0v) is 13.1. The Hall–Kier alpha value is -2.88. The van der Waals surface area contributed by atoms with E-state index in [2.05, 4.69) is 10.3 Å². The molecule has 116 valence electrons. The van der Waals surface area contributed by atoms with E-state index in [9.17, 15) is 4.79 Å². The van der Waals surface area contributed by atoms with Crippen molar-refractivity contribution in [3.05, 3.63) is 89.1 Å². The van der Waals surface area contributed by atoms with Gasteiger partial charge in [0.05, 0.1) is 12.3 Å². The summed E-state index contributed by atoms with van der Waals surface area (Å²) in [5.41, 5.74) is 3.97. The first-order valence-corrected chi connectivity index (χ1v) is 7.47. The maximum Gasteiger partial charge on any atom is 0.288 e. The number of rotatable bonds is 4. The highest BCUT2D eigenvalue weighted by molar-refractivity contribution is 5.93. The summed E-state index contributed by atoms with van der Waals surface area (Å²) in [6.45, 7) is 3.89. The zero-order valence-electron chi connectivity index (χ0n) is 13.1. The molecule has 1 amide bonds. The third-order valence-electron chi connectivity index (χ3n) is 3.88. The molecule has 4 heteroatoms. The predicted octanol–water partition coefficient (Wildman–Crippen LogP) is 3.81. The molecule has 0 aliphatic heterocycles. The van der Waals surface area contributed by atoms with E-state index in [0.717, 1.165) is 22.3 Å². The maximum absolute atomic E-state index is 12.6. The largest absolute Gasteiger partial charge is 0.459 e. The number of carbonyl (C=O) groups excluding carboxylic acids is 1. The fourth-order valence-electron chi connectivity index (χ4n) is 2.61. The molecule has 0 aliphatic rings. The van der Waals surface area contributed by atoms with Crippen molar-refractivity contribution in [1.82, 2.24) is 10.3 Å². The number of benzene rings is 1. The fraction of sp³-hybridized carbons (Fsp3) is 0.158. The number of furan rings is 1. The Morgan fingerprint density at radius 3 is 2.43 bits per heavy atom. The van der Waals surface area contributed by atoms with Crippen LogP contribution in [0.2, 0.25) is 0 Å². The van der Waals surface area contributed by atoms with Crippen LogP contribution in [-0.4, -0.2) is 10.9 Å². The van der Waals surface area contributed by atoms with Crippen LogP contribution in [0.3, 0.4) is 0 Å². The van der Waals surface area contributed by atoms with Crippen LogP contribution in [0, 0.1) is 13.8 Å². The van der Waals surface area contributed by atoms with Crippen molar-refractivity contribution in [3.8, 4) is 0 Å². The van der Waals surface area contributed by atoms with Crippen molar-refractivity contribution in [2.75, 3.05) is 0 Å². The van der Waals surface area contributed by atoms with E-state index in [1.165, 1.54) is 6.26 Å². The molecule has 3 aromatic rings. The molecule has 0 saturated carbocycles. The number of carbonyl (C=O) groups is 1. The molecule has 1 atom stereocenters. The van der Waals surface area contributed by atoms with Gasteiger partial charge in [0.25, 0.3) is 5.91 Å². The van der Waals surface area contributed by atoms with E-state index in [-0.39, 0.29) is 11.9 Å². The number of hydrogen-bond donors (Lipinski definition) is 1. The van der Waals surface area contributed by atoms with E-state index < -0.39 is 0 Å². The number of nitrogens with zero attached hydrogens (tertiary/aromatic N) is 1. The SMILES string of the molecule is Cc1ccccc1C(NC(=O)c1occc1C)c1ccncc1. The van der Waals surface area contributed by atoms with E-state index in [1.54, 1.807) is 18.5 Å². The van der Waals surface area contributed by atoms with Gasteiger partial charge in [-0.2, -0.15) is 0 Å². The van der Waals surface area contributed by atoms with Crippen molar-refractivity contribution in [2.24, 2.45) is 0 Å². The Balaban J connectivity index is 1.98. The van der Waals surface area contributed by atoms with E-state index in [4.69, 9.17) is 4.42 Å². The van der Waals surface area contributed by atoms with E-state index in [0.29, 0.717) is 5.76 Å². The number of aryl methyl sites for hydroxylation is 2. The van der Waals surface area contributed by atoms with Crippen LogP contribution in [0.4, 0.5) is 0 Å². The van der Waals surface area contributed by atoms with Gasteiger partial charge < -0.3 is 9.73 Å². The molecule has 0 bridgehead atoms. The van der Waals surface area contributed by atoms with Crippen molar-refractivity contribution in [2.45, 2.75) is 19.9 Å². The lowest BCUT2D eigenvalue weighted by Crippen LogP contribution is -2.30. The molecule has 1 N–H and O–H groups in total. The van der Waals surface area contributed by atoms with Gasteiger partial charge >= 0.3 is 0 Å². The highest BCUT2D eigenvalue weighted by Crippen LogP contribution is 2.25. The van der Waals surface area contributed by atoms with Crippen LogP contribution in [0.25, 0.3) is 0 Å². The van der Waals surface area contributed by atoms with Crippen LogP contribution < -0.4 is 5.32 Å². The Morgan fingerprint density at radius 2 is 1.78 bits per heavy atom. The van der Waals surface area contributed by atoms with Gasteiger partial charge in [-0.15, -0.1) is 0 Å². The topological polar surface area (TPSA) is 55.1 Å². The summed E-state index contributed by atoms with van der Waals surface area (Å²) in [6.07, 6.45) is 4.98. The van der Waals surface area contributed by atoms with E-state index >= 15 is 0 Å². The molecule has 1 aromatic carbocycles. The Kier molecular flexibility index (Phi) is 4.24. The van der Waals surface area contributed by atoms with Crippen LogP contribution in [0.5, 0.6) is 0 Å². The highest BCUT2D eigenvalue weighted by atomic mass is 16.3.